The lowest BCUT2D eigenvalue weighted by Gasteiger charge is -2.15. The molecule has 3 aromatic rings. The molecule has 1 aliphatic rings. The van der Waals surface area contributed by atoms with Crippen molar-refractivity contribution in [1.29, 1.82) is 0 Å². The second kappa shape index (κ2) is 5.51. The van der Waals surface area contributed by atoms with Crippen LogP contribution in [0.1, 0.15) is 19.3 Å². The summed E-state index contributed by atoms with van der Waals surface area (Å²) in [4.78, 5) is 8.68. The summed E-state index contributed by atoms with van der Waals surface area (Å²) in [6.07, 6.45) is 3.97. The van der Waals surface area contributed by atoms with Gasteiger partial charge in [0.2, 0.25) is 5.95 Å². The molecule has 0 bridgehead atoms. The molecule has 118 valence electrons. The topological polar surface area (TPSA) is 113 Å². The Morgan fingerprint density at radius 3 is 2.87 bits per heavy atom. The summed E-state index contributed by atoms with van der Waals surface area (Å²) in [5.41, 5.74) is 8.57. The molecule has 23 heavy (non-hydrogen) atoms. The van der Waals surface area contributed by atoms with Crippen LogP contribution in [-0.4, -0.2) is 37.4 Å². The van der Waals surface area contributed by atoms with Crippen molar-refractivity contribution in [2.24, 2.45) is 0 Å². The Kier molecular flexibility index (Phi) is 3.34. The van der Waals surface area contributed by atoms with E-state index in [9.17, 15) is 5.11 Å². The van der Waals surface area contributed by atoms with Crippen LogP contribution >= 0.6 is 0 Å². The fraction of sp³-hybridized carbons (Fsp3) is 0.312. The molecule has 0 radical (unpaired) electrons. The molecule has 0 spiro atoms. The Hall–Kier alpha value is -2.67. The minimum absolute atomic E-state index is 0.217. The molecule has 1 aliphatic carbocycles. The van der Waals surface area contributed by atoms with Crippen LogP contribution in [-0.2, 0) is 0 Å². The van der Waals surface area contributed by atoms with Crippen molar-refractivity contribution >= 4 is 22.7 Å². The molecule has 4 rings (SSSR count). The first-order chi connectivity index (χ1) is 11.2. The first-order valence-corrected chi connectivity index (χ1v) is 7.70. The predicted octanol–water partition coefficient (Wildman–Crippen LogP) is 1.93. The van der Waals surface area contributed by atoms with Gasteiger partial charge in [-0.05, 0) is 37.5 Å². The van der Waals surface area contributed by atoms with Crippen molar-refractivity contribution in [3.05, 3.63) is 30.5 Å². The molecular formula is C16H18N6O. The number of hydrogen-bond donors (Lipinski definition) is 4. The minimum Gasteiger partial charge on any atom is -0.393 e. The highest BCUT2D eigenvalue weighted by Crippen LogP contribution is 2.29. The molecule has 0 saturated heterocycles. The molecule has 2 heterocycles. The number of aromatic amines is 1. The van der Waals surface area contributed by atoms with Gasteiger partial charge >= 0.3 is 0 Å². The first-order valence-electron chi connectivity index (χ1n) is 7.70. The predicted molar refractivity (Wildman–Crippen MR) is 88.8 cm³/mol. The highest BCUT2D eigenvalue weighted by molar-refractivity contribution is 5.92. The van der Waals surface area contributed by atoms with E-state index in [1.807, 2.05) is 24.3 Å². The van der Waals surface area contributed by atoms with Crippen molar-refractivity contribution in [1.82, 2.24) is 20.2 Å². The smallest absolute Gasteiger partial charge is 0.222 e. The lowest BCUT2D eigenvalue weighted by atomic mass is 10.1. The molecule has 0 amide bonds. The van der Waals surface area contributed by atoms with Crippen molar-refractivity contribution in [2.75, 3.05) is 11.1 Å². The summed E-state index contributed by atoms with van der Waals surface area (Å²) in [6.45, 7) is 0. The van der Waals surface area contributed by atoms with E-state index in [-0.39, 0.29) is 18.1 Å². The van der Waals surface area contributed by atoms with Crippen molar-refractivity contribution < 1.29 is 5.11 Å². The minimum atomic E-state index is -0.232. The van der Waals surface area contributed by atoms with Gasteiger partial charge in [-0.3, -0.25) is 5.10 Å². The Morgan fingerprint density at radius 2 is 2.13 bits per heavy atom. The van der Waals surface area contributed by atoms with E-state index in [1.165, 1.54) is 0 Å². The first kappa shape index (κ1) is 14.0. The summed E-state index contributed by atoms with van der Waals surface area (Å²) in [5, 5.41) is 20.9. The molecule has 1 fully saturated rings. The average Bonchev–Trinajstić information content (AvgIpc) is 3.18. The summed E-state index contributed by atoms with van der Waals surface area (Å²) < 4.78 is 0. The zero-order valence-electron chi connectivity index (χ0n) is 12.5. The number of rotatable bonds is 3. The Balaban J connectivity index is 1.73. The number of anilines is 2. The fourth-order valence-electron chi connectivity index (χ4n) is 3.12. The maximum Gasteiger partial charge on any atom is 0.222 e. The van der Waals surface area contributed by atoms with Gasteiger partial charge < -0.3 is 16.2 Å². The summed E-state index contributed by atoms with van der Waals surface area (Å²) in [7, 11) is 0. The van der Waals surface area contributed by atoms with Crippen LogP contribution in [0.4, 0.5) is 11.8 Å². The van der Waals surface area contributed by atoms with E-state index in [2.05, 4.69) is 25.5 Å². The van der Waals surface area contributed by atoms with Crippen LogP contribution < -0.4 is 11.1 Å². The average molecular weight is 310 g/mol. The zero-order valence-corrected chi connectivity index (χ0v) is 12.5. The van der Waals surface area contributed by atoms with Crippen LogP contribution in [0.5, 0.6) is 0 Å². The largest absolute Gasteiger partial charge is 0.393 e. The molecule has 1 aromatic carbocycles. The van der Waals surface area contributed by atoms with Gasteiger partial charge in [0.1, 0.15) is 5.82 Å². The molecule has 2 aromatic heterocycles. The number of nitrogen functional groups attached to an aromatic ring is 1. The molecular weight excluding hydrogens is 292 g/mol. The highest BCUT2D eigenvalue weighted by Gasteiger charge is 2.23. The van der Waals surface area contributed by atoms with E-state index in [4.69, 9.17) is 5.73 Å². The second-order valence-electron chi connectivity index (χ2n) is 5.94. The number of hydrogen-bond acceptors (Lipinski definition) is 6. The second-order valence-corrected chi connectivity index (χ2v) is 5.94. The molecule has 5 N–H and O–H groups in total. The van der Waals surface area contributed by atoms with Gasteiger partial charge in [-0.15, -0.1) is 0 Å². The van der Waals surface area contributed by atoms with Crippen molar-refractivity contribution in [2.45, 2.75) is 31.4 Å². The Bertz CT molecular complexity index is 832. The van der Waals surface area contributed by atoms with E-state index in [0.717, 1.165) is 47.2 Å². The number of nitrogens with two attached hydrogens (primary N) is 1. The summed E-state index contributed by atoms with van der Waals surface area (Å²) >= 11 is 0. The third kappa shape index (κ3) is 2.70. The quantitative estimate of drug-likeness (QED) is 0.588. The Morgan fingerprint density at radius 1 is 1.22 bits per heavy atom. The van der Waals surface area contributed by atoms with Crippen molar-refractivity contribution in [3.8, 4) is 11.3 Å². The third-order valence-electron chi connectivity index (χ3n) is 4.27. The van der Waals surface area contributed by atoms with Gasteiger partial charge in [-0.2, -0.15) is 10.1 Å². The number of fused-ring (bicyclic) bond motifs is 1. The summed E-state index contributed by atoms with van der Waals surface area (Å²) in [6, 6.07) is 8.08. The molecule has 2 atom stereocenters. The van der Waals surface area contributed by atoms with Crippen LogP contribution in [0.15, 0.2) is 30.5 Å². The van der Waals surface area contributed by atoms with E-state index >= 15 is 0 Å². The number of H-pyrrole nitrogens is 1. The van der Waals surface area contributed by atoms with Gasteiger partial charge in [0.15, 0.2) is 0 Å². The van der Waals surface area contributed by atoms with Crippen LogP contribution in [0, 0.1) is 0 Å². The standard InChI is InChI=1S/C16H18N6O/c17-16-20-14-7-9(13-5-6-18-22-13)1-4-12(14)15(21-16)19-10-2-3-11(23)8-10/h1,4-7,10-11,23H,2-3,8H2,(H,18,22)(H3,17,19,20,21)/t10-,11-/m1/s1. The fourth-order valence-corrected chi connectivity index (χ4v) is 3.12. The number of benzene rings is 1. The third-order valence-corrected chi connectivity index (χ3v) is 4.27. The molecule has 7 nitrogen and oxygen atoms in total. The van der Waals surface area contributed by atoms with Gasteiger partial charge in [-0.25, -0.2) is 4.98 Å². The van der Waals surface area contributed by atoms with E-state index < -0.39 is 0 Å². The molecule has 1 saturated carbocycles. The number of nitrogens with one attached hydrogen (secondary N) is 2. The van der Waals surface area contributed by atoms with Crippen LogP contribution in [0.25, 0.3) is 22.2 Å². The molecule has 7 heteroatoms. The maximum atomic E-state index is 9.68. The van der Waals surface area contributed by atoms with Crippen LogP contribution in [0.3, 0.4) is 0 Å². The Labute approximate surface area is 133 Å². The number of aliphatic hydroxyl groups excluding tert-OH is 1. The lowest BCUT2D eigenvalue weighted by molar-refractivity contribution is 0.182. The van der Waals surface area contributed by atoms with E-state index in [0.29, 0.717) is 0 Å². The zero-order chi connectivity index (χ0) is 15.8. The number of nitrogens with zero attached hydrogens (tertiary/aromatic N) is 3. The van der Waals surface area contributed by atoms with Crippen LogP contribution in [0.2, 0.25) is 0 Å². The molecule has 0 unspecified atom stereocenters. The lowest BCUT2D eigenvalue weighted by Crippen LogP contribution is -2.18. The number of aliphatic hydroxyl groups is 1. The summed E-state index contributed by atoms with van der Waals surface area (Å²) in [5.74, 6) is 0.961. The SMILES string of the molecule is Nc1nc(N[C@@H]2CC[C@@H](O)C2)c2ccc(-c3ccn[nH]3)cc2n1. The normalized spacial score (nSPS) is 20.9. The van der Waals surface area contributed by atoms with Gasteiger partial charge in [-0.1, -0.05) is 6.07 Å². The van der Waals surface area contributed by atoms with E-state index in [1.54, 1.807) is 6.20 Å². The highest BCUT2D eigenvalue weighted by atomic mass is 16.3. The van der Waals surface area contributed by atoms with Gasteiger partial charge in [0, 0.05) is 23.2 Å². The maximum absolute atomic E-state index is 9.68. The van der Waals surface area contributed by atoms with Gasteiger partial charge in [0.25, 0.3) is 0 Å². The molecule has 0 aliphatic heterocycles. The monoisotopic (exact) mass is 310 g/mol. The van der Waals surface area contributed by atoms with Gasteiger partial charge in [0.05, 0.1) is 17.3 Å². The van der Waals surface area contributed by atoms with Crippen molar-refractivity contribution in [3.63, 3.8) is 0 Å². The number of aromatic nitrogens is 4.